The van der Waals surface area contributed by atoms with Gasteiger partial charge in [-0.05, 0) is 26.2 Å². The molecule has 2 N–H and O–H groups in total. The number of carbonyl (C=O) groups is 3. The van der Waals surface area contributed by atoms with Gasteiger partial charge in [-0.1, -0.05) is 28.0 Å². The number of hydrogen-bond acceptors (Lipinski definition) is 7. The fraction of sp³-hybridized carbons (Fsp3) is 0.786. The molecule has 1 amide bonds. The quantitative estimate of drug-likeness (QED) is 0.278. The molecule has 0 aromatic rings. The Kier molecular flexibility index (Phi) is 9.23. The third kappa shape index (κ3) is 8.95. The van der Waals surface area contributed by atoms with Crippen LogP contribution in [0.3, 0.4) is 0 Å². The molecular weight excluding hydrogens is 342 g/mol. The Morgan fingerprint density at radius 1 is 1.26 bits per heavy atom. The summed E-state index contributed by atoms with van der Waals surface area (Å²) >= 11 is 0. The molecule has 1 aliphatic rings. The van der Waals surface area contributed by atoms with E-state index < -0.39 is 30.4 Å². The SMILES string of the molecule is CC(OC(=O)CCCC[C@@H]1CCSS1)OC(=O)N[C@H](C)C(=O)O. The molecule has 1 unspecified atom stereocenters. The first-order valence-corrected chi connectivity index (χ1v) is 9.94. The fourth-order valence-corrected chi connectivity index (χ4v) is 4.92. The van der Waals surface area contributed by atoms with E-state index in [0.717, 1.165) is 19.3 Å². The second-order valence-corrected chi connectivity index (χ2v) is 8.03. The van der Waals surface area contributed by atoms with E-state index >= 15 is 0 Å². The van der Waals surface area contributed by atoms with Crippen LogP contribution in [0, 0.1) is 0 Å². The molecule has 0 aliphatic carbocycles. The molecular formula is C14H23NO6S2. The topological polar surface area (TPSA) is 102 Å². The normalized spacial score (nSPS) is 19.7. The average molecular weight is 365 g/mol. The minimum atomic E-state index is -1.18. The van der Waals surface area contributed by atoms with Crippen LogP contribution in [0.4, 0.5) is 4.79 Å². The van der Waals surface area contributed by atoms with Crippen molar-refractivity contribution in [1.82, 2.24) is 5.32 Å². The molecule has 9 heteroatoms. The van der Waals surface area contributed by atoms with E-state index in [-0.39, 0.29) is 6.42 Å². The molecule has 0 saturated carbocycles. The van der Waals surface area contributed by atoms with Crippen molar-refractivity contribution in [3.05, 3.63) is 0 Å². The Hall–Kier alpha value is -1.09. The van der Waals surface area contributed by atoms with Crippen LogP contribution in [-0.2, 0) is 19.1 Å². The molecule has 3 atom stereocenters. The van der Waals surface area contributed by atoms with Gasteiger partial charge in [-0.15, -0.1) is 0 Å². The second-order valence-electron chi connectivity index (χ2n) is 5.24. The Morgan fingerprint density at radius 3 is 2.61 bits per heavy atom. The first-order chi connectivity index (χ1) is 10.9. The zero-order valence-electron chi connectivity index (χ0n) is 13.3. The number of unbranched alkanes of at least 4 members (excludes halogenated alkanes) is 1. The number of esters is 1. The highest BCUT2D eigenvalue weighted by molar-refractivity contribution is 8.77. The number of aliphatic carboxylic acids is 1. The molecule has 132 valence electrons. The van der Waals surface area contributed by atoms with E-state index in [1.165, 1.54) is 26.0 Å². The Bertz CT molecular complexity index is 414. The molecule has 1 fully saturated rings. The van der Waals surface area contributed by atoms with Gasteiger partial charge in [0.1, 0.15) is 6.04 Å². The van der Waals surface area contributed by atoms with Gasteiger partial charge in [0.2, 0.25) is 6.29 Å². The summed E-state index contributed by atoms with van der Waals surface area (Å²) in [7, 11) is 3.82. The highest BCUT2D eigenvalue weighted by Gasteiger charge is 2.19. The van der Waals surface area contributed by atoms with Crippen molar-refractivity contribution in [2.75, 3.05) is 5.75 Å². The maximum Gasteiger partial charge on any atom is 0.410 e. The number of hydrogen-bond donors (Lipinski definition) is 2. The molecule has 0 bridgehead atoms. The molecule has 1 heterocycles. The standard InChI is InChI=1S/C14H23NO6S2/c1-9(13(17)18)15-14(19)21-10(2)20-12(16)6-4-3-5-11-7-8-22-23-11/h9-11H,3-8H2,1-2H3,(H,15,19)(H,17,18)/t9-,10?,11-/m1/s1. The molecule has 1 aliphatic heterocycles. The number of carboxylic acids is 1. The van der Waals surface area contributed by atoms with E-state index in [2.05, 4.69) is 5.32 Å². The summed E-state index contributed by atoms with van der Waals surface area (Å²) < 4.78 is 9.72. The maximum atomic E-state index is 11.6. The van der Waals surface area contributed by atoms with Crippen molar-refractivity contribution in [3.63, 3.8) is 0 Å². The molecule has 23 heavy (non-hydrogen) atoms. The summed E-state index contributed by atoms with van der Waals surface area (Å²) in [4.78, 5) is 33.6. The van der Waals surface area contributed by atoms with Crippen LogP contribution in [0.2, 0.25) is 0 Å². The molecule has 0 aromatic carbocycles. The van der Waals surface area contributed by atoms with Crippen LogP contribution in [-0.4, -0.2) is 46.5 Å². The lowest BCUT2D eigenvalue weighted by Gasteiger charge is -2.16. The summed E-state index contributed by atoms with van der Waals surface area (Å²) in [6.07, 6.45) is 2.35. The third-order valence-corrected chi connectivity index (χ3v) is 6.17. The highest BCUT2D eigenvalue weighted by Crippen LogP contribution is 2.39. The molecule has 0 radical (unpaired) electrons. The second kappa shape index (κ2) is 10.6. The van der Waals surface area contributed by atoms with Gasteiger partial charge in [-0.3, -0.25) is 9.59 Å². The summed E-state index contributed by atoms with van der Waals surface area (Å²) in [6.45, 7) is 2.72. The van der Waals surface area contributed by atoms with Gasteiger partial charge >= 0.3 is 18.0 Å². The van der Waals surface area contributed by atoms with Crippen LogP contribution < -0.4 is 5.32 Å². The third-order valence-electron chi connectivity index (χ3n) is 3.16. The van der Waals surface area contributed by atoms with Crippen LogP contribution in [0.15, 0.2) is 0 Å². The molecule has 0 spiro atoms. The molecule has 1 saturated heterocycles. The van der Waals surface area contributed by atoms with Gasteiger partial charge < -0.3 is 19.9 Å². The van der Waals surface area contributed by atoms with E-state index in [1.54, 1.807) is 0 Å². The fourth-order valence-electron chi connectivity index (χ4n) is 1.90. The minimum absolute atomic E-state index is 0.283. The van der Waals surface area contributed by atoms with Crippen LogP contribution in [0.1, 0.15) is 46.0 Å². The van der Waals surface area contributed by atoms with Gasteiger partial charge in [-0.25, -0.2) is 4.79 Å². The minimum Gasteiger partial charge on any atom is -0.480 e. The summed E-state index contributed by atoms with van der Waals surface area (Å²) in [5, 5.41) is 11.5. The van der Waals surface area contributed by atoms with Crippen LogP contribution >= 0.6 is 21.6 Å². The Balaban J connectivity index is 2.10. The van der Waals surface area contributed by atoms with Gasteiger partial charge in [0.25, 0.3) is 0 Å². The zero-order valence-corrected chi connectivity index (χ0v) is 14.9. The monoisotopic (exact) mass is 365 g/mol. The first-order valence-electron chi connectivity index (χ1n) is 7.56. The number of alkyl carbamates (subject to hydrolysis) is 1. The lowest BCUT2D eigenvalue weighted by molar-refractivity contribution is -0.165. The number of nitrogens with one attached hydrogen (secondary N) is 1. The summed E-state index contributed by atoms with van der Waals surface area (Å²) in [5.41, 5.74) is 0. The Morgan fingerprint density at radius 2 is 2.00 bits per heavy atom. The van der Waals surface area contributed by atoms with E-state index in [0.29, 0.717) is 5.25 Å². The zero-order chi connectivity index (χ0) is 17.2. The van der Waals surface area contributed by atoms with E-state index in [4.69, 9.17) is 14.6 Å². The van der Waals surface area contributed by atoms with Gasteiger partial charge in [-0.2, -0.15) is 0 Å². The lowest BCUT2D eigenvalue weighted by atomic mass is 10.1. The number of carboxylic acid groups (broad SMARTS) is 1. The first kappa shape index (κ1) is 20.0. The largest absolute Gasteiger partial charge is 0.480 e. The van der Waals surface area contributed by atoms with Crippen molar-refractivity contribution in [2.24, 2.45) is 0 Å². The van der Waals surface area contributed by atoms with Crippen LogP contribution in [0.5, 0.6) is 0 Å². The Labute approximate surface area is 143 Å². The summed E-state index contributed by atoms with van der Waals surface area (Å²) in [6, 6.07) is -1.07. The van der Waals surface area contributed by atoms with Crippen molar-refractivity contribution >= 4 is 39.6 Å². The van der Waals surface area contributed by atoms with E-state index in [1.807, 2.05) is 21.6 Å². The number of amides is 1. The summed E-state index contributed by atoms with van der Waals surface area (Å²) in [5.74, 6) is -0.398. The number of rotatable bonds is 9. The maximum absolute atomic E-state index is 11.6. The van der Waals surface area contributed by atoms with Crippen molar-refractivity contribution in [3.8, 4) is 0 Å². The predicted molar refractivity (Wildman–Crippen MR) is 89.2 cm³/mol. The van der Waals surface area contributed by atoms with Crippen molar-refractivity contribution < 1.29 is 29.0 Å². The lowest BCUT2D eigenvalue weighted by Crippen LogP contribution is -2.40. The molecule has 0 aromatic heterocycles. The molecule has 1 rings (SSSR count). The van der Waals surface area contributed by atoms with Gasteiger partial charge in [0.05, 0.1) is 0 Å². The highest BCUT2D eigenvalue weighted by atomic mass is 33.1. The predicted octanol–water partition coefficient (Wildman–Crippen LogP) is 2.79. The smallest absolute Gasteiger partial charge is 0.410 e. The van der Waals surface area contributed by atoms with Gasteiger partial charge in [0.15, 0.2) is 0 Å². The molecule has 7 nitrogen and oxygen atoms in total. The van der Waals surface area contributed by atoms with Crippen molar-refractivity contribution in [2.45, 2.75) is 63.5 Å². The van der Waals surface area contributed by atoms with E-state index in [9.17, 15) is 14.4 Å². The number of ether oxygens (including phenoxy) is 2. The van der Waals surface area contributed by atoms with Crippen molar-refractivity contribution in [1.29, 1.82) is 0 Å². The van der Waals surface area contributed by atoms with Crippen LogP contribution in [0.25, 0.3) is 0 Å². The van der Waals surface area contributed by atoms with Gasteiger partial charge in [0, 0.05) is 24.3 Å². The number of carbonyl (C=O) groups excluding carboxylic acids is 2. The average Bonchev–Trinajstić information content (AvgIpc) is 2.96.